The van der Waals surface area contributed by atoms with E-state index in [0.717, 1.165) is 17.4 Å². The lowest BCUT2D eigenvalue weighted by Crippen LogP contribution is -2.06. The molecule has 2 aromatic rings. The van der Waals surface area contributed by atoms with Gasteiger partial charge in [-0.25, -0.2) is 14.2 Å². The van der Waals surface area contributed by atoms with Crippen LogP contribution in [-0.2, 0) is 0 Å². The number of rotatable bonds is 2. The van der Waals surface area contributed by atoms with Crippen LogP contribution >= 0.6 is 11.3 Å². The molecule has 16 heavy (non-hydrogen) atoms. The van der Waals surface area contributed by atoms with E-state index in [1.807, 2.05) is 0 Å². The number of hydrogen-bond acceptors (Lipinski definition) is 5. The molecule has 0 bridgehead atoms. The highest BCUT2D eigenvalue weighted by atomic mass is 32.1. The maximum atomic E-state index is 12.8. The maximum absolute atomic E-state index is 12.8. The van der Waals surface area contributed by atoms with Crippen LogP contribution in [0.1, 0.15) is 9.67 Å². The third-order valence-corrected chi connectivity index (χ3v) is 2.54. The van der Waals surface area contributed by atoms with Gasteiger partial charge in [-0.05, 0) is 12.1 Å². The molecule has 2 rings (SSSR count). The Morgan fingerprint density at radius 3 is 2.94 bits per heavy atom. The number of carbonyl (C=O) groups excluding carboxylic acids is 1. The van der Waals surface area contributed by atoms with Crippen molar-refractivity contribution >= 4 is 17.3 Å². The summed E-state index contributed by atoms with van der Waals surface area (Å²) < 4.78 is 17.6. The van der Waals surface area contributed by atoms with Crippen LogP contribution in [0.5, 0.6) is 11.6 Å². The predicted molar refractivity (Wildman–Crippen MR) is 55.1 cm³/mol. The first-order chi connectivity index (χ1) is 7.66. The summed E-state index contributed by atoms with van der Waals surface area (Å²) in [6.45, 7) is 0. The molecule has 0 aliphatic carbocycles. The lowest BCUT2D eigenvalue weighted by Gasteiger charge is -2.01. The average molecular weight is 239 g/mol. The number of benzene rings is 1. The fourth-order valence-corrected chi connectivity index (χ4v) is 1.62. The summed E-state index contributed by atoms with van der Waals surface area (Å²) in [5.74, 6) is -1.56. The normalized spacial score (nSPS) is 10.1. The van der Waals surface area contributed by atoms with E-state index in [9.17, 15) is 14.3 Å². The van der Waals surface area contributed by atoms with E-state index in [0.29, 0.717) is 0 Å². The first-order valence-electron chi connectivity index (χ1n) is 4.27. The van der Waals surface area contributed by atoms with Crippen molar-refractivity contribution in [1.29, 1.82) is 0 Å². The summed E-state index contributed by atoms with van der Waals surface area (Å²) >= 11 is 0.952. The first kappa shape index (κ1) is 10.6. The fraction of sp³-hybridized carbons (Fsp3) is 0. The van der Waals surface area contributed by atoms with Crippen molar-refractivity contribution in [3.05, 3.63) is 40.5 Å². The van der Waals surface area contributed by atoms with Crippen LogP contribution < -0.4 is 4.74 Å². The molecule has 0 fully saturated rings. The Morgan fingerprint density at radius 1 is 1.50 bits per heavy atom. The third-order valence-electron chi connectivity index (χ3n) is 1.74. The van der Waals surface area contributed by atoms with Crippen LogP contribution in [0.3, 0.4) is 0 Å². The number of nitrogens with zero attached hydrogens (tertiary/aromatic N) is 1. The maximum Gasteiger partial charge on any atom is 0.359 e. The SMILES string of the molecule is O=C(Oc1cccc(F)c1)c1scnc1O. The zero-order valence-electron chi connectivity index (χ0n) is 7.88. The van der Waals surface area contributed by atoms with E-state index in [2.05, 4.69) is 4.98 Å². The molecule has 1 aromatic heterocycles. The molecular formula is C10H6FNO3S. The zero-order valence-corrected chi connectivity index (χ0v) is 8.70. The monoisotopic (exact) mass is 239 g/mol. The van der Waals surface area contributed by atoms with E-state index in [1.54, 1.807) is 0 Å². The van der Waals surface area contributed by atoms with Crippen molar-refractivity contribution < 1.29 is 19.0 Å². The number of halogens is 1. The zero-order chi connectivity index (χ0) is 11.5. The molecule has 0 aliphatic heterocycles. The molecule has 0 radical (unpaired) electrons. The molecule has 82 valence electrons. The lowest BCUT2D eigenvalue weighted by molar-refractivity contribution is 0.0736. The fourth-order valence-electron chi connectivity index (χ4n) is 1.06. The predicted octanol–water partition coefficient (Wildman–Crippen LogP) is 2.21. The van der Waals surface area contributed by atoms with Gasteiger partial charge in [-0.3, -0.25) is 0 Å². The second-order valence-electron chi connectivity index (χ2n) is 2.85. The second-order valence-corrected chi connectivity index (χ2v) is 3.71. The Bertz CT molecular complexity index is 526. The smallest absolute Gasteiger partial charge is 0.359 e. The number of aromatic hydroxyl groups is 1. The van der Waals surface area contributed by atoms with Crippen molar-refractivity contribution in [2.75, 3.05) is 0 Å². The molecule has 0 aliphatic rings. The number of ether oxygens (including phenoxy) is 1. The topological polar surface area (TPSA) is 59.4 Å². The summed E-state index contributed by atoms with van der Waals surface area (Å²) in [6.07, 6.45) is 0. The summed E-state index contributed by atoms with van der Waals surface area (Å²) in [4.78, 5) is 15.0. The van der Waals surface area contributed by atoms with Gasteiger partial charge in [0.25, 0.3) is 0 Å². The van der Waals surface area contributed by atoms with Crippen molar-refractivity contribution in [1.82, 2.24) is 4.98 Å². The van der Waals surface area contributed by atoms with Crippen molar-refractivity contribution in [3.8, 4) is 11.6 Å². The van der Waals surface area contributed by atoms with E-state index in [-0.39, 0.29) is 16.5 Å². The molecule has 1 aromatic carbocycles. The highest BCUT2D eigenvalue weighted by molar-refractivity contribution is 7.12. The van der Waals surface area contributed by atoms with Crippen LogP contribution in [0.2, 0.25) is 0 Å². The molecule has 4 nitrogen and oxygen atoms in total. The van der Waals surface area contributed by atoms with Gasteiger partial charge in [0.1, 0.15) is 11.6 Å². The van der Waals surface area contributed by atoms with Gasteiger partial charge in [0.2, 0.25) is 5.88 Å². The molecular weight excluding hydrogens is 233 g/mol. The van der Waals surface area contributed by atoms with Crippen LogP contribution in [0, 0.1) is 5.82 Å². The Labute approximate surface area is 93.9 Å². The minimum absolute atomic E-state index is 0.00994. The molecule has 0 atom stereocenters. The number of hydrogen-bond donors (Lipinski definition) is 1. The van der Waals surface area contributed by atoms with Crippen molar-refractivity contribution in [3.63, 3.8) is 0 Å². The van der Waals surface area contributed by atoms with Gasteiger partial charge >= 0.3 is 5.97 Å². The lowest BCUT2D eigenvalue weighted by atomic mass is 10.3. The standard InChI is InChI=1S/C10H6FNO3S/c11-6-2-1-3-7(4-6)15-10(14)8-9(13)12-5-16-8/h1-5,13H. The molecule has 1 heterocycles. The summed E-state index contributed by atoms with van der Waals surface area (Å²) in [5, 5.41) is 9.18. The van der Waals surface area contributed by atoms with E-state index in [1.165, 1.54) is 23.7 Å². The minimum atomic E-state index is -0.759. The molecule has 0 amide bonds. The highest BCUT2D eigenvalue weighted by Crippen LogP contribution is 2.22. The summed E-state index contributed by atoms with van der Waals surface area (Å²) in [5.41, 5.74) is 1.32. The van der Waals surface area contributed by atoms with Crippen molar-refractivity contribution in [2.24, 2.45) is 0 Å². The Balaban J connectivity index is 2.17. The van der Waals surface area contributed by atoms with Gasteiger partial charge in [-0.2, -0.15) is 0 Å². The first-order valence-corrected chi connectivity index (χ1v) is 5.15. The largest absolute Gasteiger partial charge is 0.492 e. The molecule has 6 heteroatoms. The van der Waals surface area contributed by atoms with Crippen LogP contribution in [-0.4, -0.2) is 16.1 Å². The molecule has 1 N–H and O–H groups in total. The van der Waals surface area contributed by atoms with Gasteiger partial charge in [0, 0.05) is 6.07 Å². The molecule has 0 unspecified atom stereocenters. The Kier molecular flexibility index (Phi) is 2.82. The van der Waals surface area contributed by atoms with Gasteiger partial charge in [0.15, 0.2) is 4.88 Å². The van der Waals surface area contributed by atoms with Crippen LogP contribution in [0.4, 0.5) is 4.39 Å². The van der Waals surface area contributed by atoms with Gasteiger partial charge in [-0.15, -0.1) is 11.3 Å². The molecule has 0 saturated carbocycles. The van der Waals surface area contributed by atoms with E-state index in [4.69, 9.17) is 4.74 Å². The van der Waals surface area contributed by atoms with E-state index < -0.39 is 11.8 Å². The minimum Gasteiger partial charge on any atom is -0.492 e. The van der Waals surface area contributed by atoms with Gasteiger partial charge in [0.05, 0.1) is 5.51 Å². The number of esters is 1. The average Bonchev–Trinajstić information content (AvgIpc) is 2.64. The number of thiazole rings is 1. The number of carbonyl (C=O) groups is 1. The Hall–Kier alpha value is -1.95. The Morgan fingerprint density at radius 2 is 2.31 bits per heavy atom. The van der Waals surface area contributed by atoms with E-state index >= 15 is 0 Å². The summed E-state index contributed by atoms with van der Waals surface area (Å²) in [7, 11) is 0. The number of aromatic nitrogens is 1. The highest BCUT2D eigenvalue weighted by Gasteiger charge is 2.16. The van der Waals surface area contributed by atoms with Crippen LogP contribution in [0.15, 0.2) is 29.8 Å². The van der Waals surface area contributed by atoms with Gasteiger partial charge < -0.3 is 9.84 Å². The quantitative estimate of drug-likeness (QED) is 0.644. The molecule has 0 spiro atoms. The third kappa shape index (κ3) is 2.17. The second kappa shape index (κ2) is 4.28. The van der Waals surface area contributed by atoms with Crippen molar-refractivity contribution in [2.45, 2.75) is 0 Å². The van der Waals surface area contributed by atoms with Crippen LogP contribution in [0.25, 0.3) is 0 Å². The van der Waals surface area contributed by atoms with Gasteiger partial charge in [-0.1, -0.05) is 6.07 Å². The summed E-state index contributed by atoms with van der Waals surface area (Å²) in [6, 6.07) is 5.18. The molecule has 0 saturated heterocycles.